The van der Waals surface area contributed by atoms with Gasteiger partial charge in [-0.05, 0) is 38.1 Å². The largest absolute Gasteiger partial charge is 0.497 e. The Kier molecular flexibility index (Phi) is 6.25. The van der Waals surface area contributed by atoms with Crippen molar-refractivity contribution in [2.45, 2.75) is 24.1 Å². The summed E-state index contributed by atoms with van der Waals surface area (Å²) in [6.45, 7) is 3.65. The van der Waals surface area contributed by atoms with Crippen molar-refractivity contribution in [3.05, 3.63) is 45.1 Å². The molecule has 0 fully saturated rings. The quantitative estimate of drug-likeness (QED) is 0.331. The third-order valence-electron chi connectivity index (χ3n) is 4.52. The maximum atomic E-state index is 12.9. The van der Waals surface area contributed by atoms with Crippen LogP contribution in [-0.4, -0.2) is 44.0 Å². The summed E-state index contributed by atoms with van der Waals surface area (Å²) in [5.41, 5.74) is -0.145. The third-order valence-corrected chi connectivity index (χ3v) is 5.59. The minimum atomic E-state index is -0.603. The number of esters is 1. The number of aromatic nitrogens is 4. The second-order valence-electron chi connectivity index (χ2n) is 6.50. The molecule has 3 rings (SSSR count). The molecule has 3 aromatic rings. The highest BCUT2D eigenvalue weighted by molar-refractivity contribution is 8.00. The summed E-state index contributed by atoms with van der Waals surface area (Å²) in [5, 5.41) is -0.116. The second-order valence-corrected chi connectivity index (χ2v) is 7.83. The number of ether oxygens (including phenoxy) is 2. The van der Waals surface area contributed by atoms with Gasteiger partial charge in [0.05, 0.1) is 13.7 Å². The fraction of sp³-hybridized carbons (Fsp3) is 0.350. The molecule has 2 heterocycles. The van der Waals surface area contributed by atoms with Crippen molar-refractivity contribution in [2.24, 2.45) is 14.1 Å². The zero-order valence-electron chi connectivity index (χ0n) is 17.3. The first-order valence-electron chi connectivity index (χ1n) is 9.24. The highest BCUT2D eigenvalue weighted by Crippen LogP contribution is 2.30. The second kappa shape index (κ2) is 8.70. The predicted octanol–water partition coefficient (Wildman–Crippen LogP) is 1.75. The maximum absolute atomic E-state index is 12.9. The molecule has 9 nitrogen and oxygen atoms in total. The Morgan fingerprint density at radius 2 is 1.80 bits per heavy atom. The van der Waals surface area contributed by atoms with E-state index in [-0.39, 0.29) is 17.6 Å². The van der Waals surface area contributed by atoms with Crippen LogP contribution in [0.3, 0.4) is 0 Å². The predicted molar refractivity (Wildman–Crippen MR) is 114 cm³/mol. The van der Waals surface area contributed by atoms with Crippen molar-refractivity contribution >= 4 is 28.8 Å². The van der Waals surface area contributed by atoms with Crippen molar-refractivity contribution in [3.63, 3.8) is 0 Å². The summed E-state index contributed by atoms with van der Waals surface area (Å²) in [7, 11) is 4.50. The van der Waals surface area contributed by atoms with Crippen molar-refractivity contribution in [1.29, 1.82) is 0 Å². The number of aryl methyl sites for hydroxylation is 1. The highest BCUT2D eigenvalue weighted by atomic mass is 32.2. The number of methoxy groups -OCH3 is 1. The molecule has 0 saturated heterocycles. The minimum Gasteiger partial charge on any atom is -0.497 e. The average Bonchev–Trinajstić information content (AvgIpc) is 2.75. The Morgan fingerprint density at radius 3 is 2.40 bits per heavy atom. The first-order valence-corrected chi connectivity index (χ1v) is 10.1. The molecule has 30 heavy (non-hydrogen) atoms. The van der Waals surface area contributed by atoms with Crippen LogP contribution in [0, 0.1) is 0 Å². The van der Waals surface area contributed by atoms with E-state index in [9.17, 15) is 14.4 Å². The molecule has 10 heteroatoms. The van der Waals surface area contributed by atoms with Crippen LogP contribution in [-0.2, 0) is 23.6 Å². The van der Waals surface area contributed by atoms with Gasteiger partial charge < -0.3 is 9.47 Å². The highest BCUT2D eigenvalue weighted by Gasteiger charge is 2.23. The molecular formula is C20H22N4O5S. The van der Waals surface area contributed by atoms with Crippen molar-refractivity contribution in [1.82, 2.24) is 19.1 Å². The molecule has 1 aromatic carbocycles. The third kappa shape index (κ3) is 3.95. The molecule has 1 atom stereocenters. The number of carbonyl (C=O) groups excluding carboxylic acids is 1. The lowest BCUT2D eigenvalue weighted by atomic mass is 10.2. The van der Waals surface area contributed by atoms with Crippen molar-refractivity contribution < 1.29 is 14.3 Å². The number of hydrogen-bond donors (Lipinski definition) is 0. The van der Waals surface area contributed by atoms with E-state index < -0.39 is 22.5 Å². The molecule has 0 aliphatic heterocycles. The molecule has 0 saturated carbocycles. The monoisotopic (exact) mass is 430 g/mol. The standard InChI is InChI=1S/C20H22N4O5S/c1-6-29-19(26)11(2)30-17-14-16(23(3)20(27)24(4)18(14)25)21-15(22-17)12-7-9-13(28-5)10-8-12/h7-11H,6H2,1-5H3/t11-/m0/s1. The van der Waals surface area contributed by atoms with Crippen molar-refractivity contribution in [3.8, 4) is 17.1 Å². The van der Waals surface area contributed by atoms with Crippen molar-refractivity contribution in [2.75, 3.05) is 13.7 Å². The van der Waals surface area contributed by atoms with E-state index in [1.807, 2.05) is 0 Å². The number of rotatable bonds is 6. The van der Waals surface area contributed by atoms with Crippen LogP contribution in [0.4, 0.5) is 0 Å². The number of hydrogen-bond acceptors (Lipinski definition) is 8. The Hall–Kier alpha value is -3.14. The Bertz CT molecular complexity index is 1220. The first-order chi connectivity index (χ1) is 14.3. The molecule has 2 aromatic heterocycles. The zero-order chi connectivity index (χ0) is 22.0. The molecule has 0 bridgehead atoms. The average molecular weight is 430 g/mol. The number of benzene rings is 1. The summed E-state index contributed by atoms with van der Waals surface area (Å²) in [4.78, 5) is 46.5. The number of thioether (sulfide) groups is 1. The fourth-order valence-corrected chi connectivity index (χ4v) is 3.79. The van der Waals surface area contributed by atoms with Crippen LogP contribution in [0.25, 0.3) is 22.4 Å². The van der Waals surface area contributed by atoms with E-state index in [1.54, 1.807) is 45.2 Å². The SMILES string of the molecule is CCOC(=O)[C@H](C)Sc1nc(-c2ccc(OC)cc2)nc2c1c(=O)n(C)c(=O)n2C. The summed E-state index contributed by atoms with van der Waals surface area (Å²) in [6, 6.07) is 7.09. The number of nitrogens with zero attached hydrogens (tertiary/aromatic N) is 4. The molecule has 158 valence electrons. The Labute approximate surface area is 176 Å². The fourth-order valence-electron chi connectivity index (χ4n) is 2.86. The topological polar surface area (TPSA) is 105 Å². The minimum absolute atomic E-state index is 0.179. The summed E-state index contributed by atoms with van der Waals surface area (Å²) in [6.07, 6.45) is 0. The summed E-state index contributed by atoms with van der Waals surface area (Å²) in [5.74, 6) is 0.584. The zero-order valence-corrected chi connectivity index (χ0v) is 18.1. The summed E-state index contributed by atoms with van der Waals surface area (Å²) >= 11 is 1.10. The van der Waals surface area contributed by atoms with Gasteiger partial charge in [0.2, 0.25) is 0 Å². The van der Waals surface area contributed by atoms with Crippen LogP contribution in [0.5, 0.6) is 5.75 Å². The molecule has 0 aliphatic carbocycles. The van der Waals surface area contributed by atoms with E-state index in [2.05, 4.69) is 9.97 Å². The van der Waals surface area contributed by atoms with Gasteiger partial charge >= 0.3 is 11.7 Å². The van der Waals surface area contributed by atoms with Crippen LogP contribution in [0.1, 0.15) is 13.8 Å². The lowest BCUT2D eigenvalue weighted by Crippen LogP contribution is -2.37. The van der Waals surface area contributed by atoms with Gasteiger partial charge in [-0.15, -0.1) is 0 Å². The van der Waals surface area contributed by atoms with Crippen LogP contribution in [0.15, 0.2) is 38.9 Å². The van der Waals surface area contributed by atoms with Crippen LogP contribution >= 0.6 is 11.8 Å². The van der Waals surface area contributed by atoms with Gasteiger partial charge in [-0.1, -0.05) is 11.8 Å². The van der Waals surface area contributed by atoms with E-state index in [0.717, 1.165) is 16.3 Å². The Morgan fingerprint density at radius 1 is 1.13 bits per heavy atom. The smallest absolute Gasteiger partial charge is 0.332 e. The van der Waals surface area contributed by atoms with Gasteiger partial charge in [0.25, 0.3) is 5.56 Å². The summed E-state index contributed by atoms with van der Waals surface area (Å²) < 4.78 is 12.5. The normalized spacial score (nSPS) is 12.0. The molecule has 0 spiro atoms. The van der Waals surface area contributed by atoms with Gasteiger partial charge in [-0.3, -0.25) is 18.7 Å². The van der Waals surface area contributed by atoms with Gasteiger partial charge in [0.15, 0.2) is 11.5 Å². The maximum Gasteiger partial charge on any atom is 0.332 e. The van der Waals surface area contributed by atoms with E-state index in [4.69, 9.17) is 9.47 Å². The van der Waals surface area contributed by atoms with Gasteiger partial charge in [0.1, 0.15) is 21.4 Å². The molecule has 0 unspecified atom stereocenters. The van der Waals surface area contributed by atoms with E-state index in [0.29, 0.717) is 22.2 Å². The van der Waals surface area contributed by atoms with Gasteiger partial charge in [-0.2, -0.15) is 0 Å². The lowest BCUT2D eigenvalue weighted by molar-refractivity contribution is -0.142. The van der Waals surface area contributed by atoms with Crippen LogP contribution in [0.2, 0.25) is 0 Å². The molecule has 0 amide bonds. The first kappa shape index (κ1) is 21.6. The molecular weight excluding hydrogens is 408 g/mol. The lowest BCUT2D eigenvalue weighted by Gasteiger charge is -2.14. The number of fused-ring (bicyclic) bond motifs is 1. The Balaban J connectivity index is 2.26. The molecule has 0 radical (unpaired) electrons. The number of carbonyl (C=O) groups is 1. The van der Waals surface area contributed by atoms with E-state index >= 15 is 0 Å². The molecule has 0 N–H and O–H groups in total. The van der Waals surface area contributed by atoms with Gasteiger partial charge in [-0.25, -0.2) is 14.8 Å². The molecule has 0 aliphatic rings. The van der Waals surface area contributed by atoms with E-state index in [1.165, 1.54) is 18.7 Å². The van der Waals surface area contributed by atoms with Gasteiger partial charge in [0, 0.05) is 19.7 Å². The van der Waals surface area contributed by atoms with Crippen LogP contribution < -0.4 is 16.0 Å².